The van der Waals surface area contributed by atoms with E-state index in [0.717, 1.165) is 11.3 Å². The maximum absolute atomic E-state index is 13.7. The van der Waals surface area contributed by atoms with E-state index in [2.05, 4.69) is 24.3 Å². The molecule has 0 saturated heterocycles. The molecule has 0 N–H and O–H groups in total. The second kappa shape index (κ2) is 10.7. The Morgan fingerprint density at radius 1 is 0.730 bits per heavy atom. The molecule has 0 heterocycles. The monoisotopic (exact) mass is 495 g/mol. The molecular weight excluding hydrogens is 466 g/mol. The molecule has 6 heteroatoms. The molecule has 0 spiro atoms. The van der Waals surface area contributed by atoms with E-state index in [4.69, 9.17) is 18.9 Å². The summed E-state index contributed by atoms with van der Waals surface area (Å²) in [6.07, 6.45) is -0.457. The van der Waals surface area contributed by atoms with Crippen molar-refractivity contribution in [3.05, 3.63) is 108 Å². The van der Waals surface area contributed by atoms with Gasteiger partial charge in [-0.25, -0.2) is 4.79 Å². The van der Waals surface area contributed by atoms with Crippen LogP contribution in [0.5, 0.6) is 17.2 Å². The summed E-state index contributed by atoms with van der Waals surface area (Å²) in [6, 6.07) is 29.5. The molecule has 1 aliphatic carbocycles. The first-order valence-electron chi connectivity index (χ1n) is 12.1. The van der Waals surface area contributed by atoms with Gasteiger partial charge in [0.2, 0.25) is 0 Å². The van der Waals surface area contributed by atoms with E-state index in [-0.39, 0.29) is 12.5 Å². The first-order chi connectivity index (χ1) is 18.1. The second-order valence-electron chi connectivity index (χ2n) is 8.78. The van der Waals surface area contributed by atoms with Crippen molar-refractivity contribution in [3.8, 4) is 28.4 Å². The predicted molar refractivity (Wildman–Crippen MR) is 144 cm³/mol. The van der Waals surface area contributed by atoms with Gasteiger partial charge in [0.05, 0.1) is 33.6 Å². The molecule has 37 heavy (non-hydrogen) atoms. The summed E-state index contributed by atoms with van der Waals surface area (Å²) in [5.74, 6) is 1.87. The predicted octanol–water partition coefficient (Wildman–Crippen LogP) is 6.67. The van der Waals surface area contributed by atoms with Gasteiger partial charge in [0.15, 0.2) is 0 Å². The first kappa shape index (κ1) is 24.3. The van der Waals surface area contributed by atoms with Gasteiger partial charge in [-0.3, -0.25) is 4.90 Å². The van der Waals surface area contributed by atoms with Crippen LogP contribution in [0.15, 0.2) is 91.0 Å². The van der Waals surface area contributed by atoms with Gasteiger partial charge in [0, 0.05) is 12.0 Å². The largest absolute Gasteiger partial charge is 0.497 e. The standard InChI is InChI=1S/C31H29NO5/c1-34-22-14-12-21(13-15-22)19-32(29-17-16-23(35-2)18-30(29)36-3)31(33)37-20-28-26-10-6-4-8-24(26)25-9-5-7-11-27(25)28/h4-18,28H,19-20H2,1-3H3. The Balaban J connectivity index is 1.44. The van der Waals surface area contributed by atoms with E-state index in [9.17, 15) is 4.79 Å². The topological polar surface area (TPSA) is 57.2 Å². The van der Waals surface area contributed by atoms with Crippen molar-refractivity contribution < 1.29 is 23.7 Å². The fraction of sp³-hybridized carbons (Fsp3) is 0.194. The Bertz CT molecular complexity index is 1350. The number of hydrogen-bond donors (Lipinski definition) is 0. The third-order valence-electron chi connectivity index (χ3n) is 6.73. The number of methoxy groups -OCH3 is 3. The highest BCUT2D eigenvalue weighted by Gasteiger charge is 2.30. The van der Waals surface area contributed by atoms with Crippen LogP contribution in [0.1, 0.15) is 22.6 Å². The van der Waals surface area contributed by atoms with Gasteiger partial charge in [-0.1, -0.05) is 60.7 Å². The van der Waals surface area contributed by atoms with Gasteiger partial charge in [-0.15, -0.1) is 0 Å². The molecule has 0 bridgehead atoms. The Kier molecular flexibility index (Phi) is 6.99. The number of nitrogens with zero attached hydrogens (tertiary/aromatic N) is 1. The summed E-state index contributed by atoms with van der Waals surface area (Å²) in [4.78, 5) is 15.3. The van der Waals surface area contributed by atoms with E-state index in [1.54, 1.807) is 38.4 Å². The Hall–Kier alpha value is -4.45. The van der Waals surface area contributed by atoms with E-state index in [1.807, 2.05) is 54.6 Å². The maximum Gasteiger partial charge on any atom is 0.414 e. The zero-order valence-corrected chi connectivity index (χ0v) is 21.1. The number of rotatable bonds is 8. The average molecular weight is 496 g/mol. The summed E-state index contributed by atoms with van der Waals surface area (Å²) >= 11 is 0. The van der Waals surface area contributed by atoms with Crippen LogP contribution < -0.4 is 19.1 Å². The first-order valence-corrected chi connectivity index (χ1v) is 12.1. The Morgan fingerprint density at radius 3 is 1.92 bits per heavy atom. The van der Waals surface area contributed by atoms with Gasteiger partial charge < -0.3 is 18.9 Å². The van der Waals surface area contributed by atoms with Gasteiger partial charge in [0.1, 0.15) is 23.9 Å². The third-order valence-corrected chi connectivity index (χ3v) is 6.73. The minimum Gasteiger partial charge on any atom is -0.497 e. The lowest BCUT2D eigenvalue weighted by atomic mass is 9.98. The highest BCUT2D eigenvalue weighted by Crippen LogP contribution is 2.44. The second-order valence-corrected chi connectivity index (χ2v) is 8.78. The third kappa shape index (κ3) is 4.83. The van der Waals surface area contributed by atoms with Crippen molar-refractivity contribution >= 4 is 11.8 Å². The van der Waals surface area contributed by atoms with E-state index < -0.39 is 6.09 Å². The normalized spacial score (nSPS) is 11.9. The highest BCUT2D eigenvalue weighted by atomic mass is 16.6. The van der Waals surface area contributed by atoms with Crippen molar-refractivity contribution in [2.24, 2.45) is 0 Å². The molecule has 188 valence electrons. The molecule has 4 aromatic rings. The van der Waals surface area contributed by atoms with Crippen LogP contribution in [0.3, 0.4) is 0 Å². The summed E-state index contributed by atoms with van der Waals surface area (Å²) in [7, 11) is 4.79. The lowest BCUT2D eigenvalue weighted by molar-refractivity contribution is 0.149. The van der Waals surface area contributed by atoms with E-state index in [1.165, 1.54) is 22.3 Å². The molecule has 0 atom stereocenters. The molecule has 0 aliphatic heterocycles. The zero-order chi connectivity index (χ0) is 25.8. The van der Waals surface area contributed by atoms with Crippen molar-refractivity contribution in [1.29, 1.82) is 0 Å². The van der Waals surface area contributed by atoms with Crippen LogP contribution in [-0.4, -0.2) is 34.0 Å². The van der Waals surface area contributed by atoms with E-state index in [0.29, 0.717) is 23.7 Å². The van der Waals surface area contributed by atoms with Crippen LogP contribution in [0.2, 0.25) is 0 Å². The number of amides is 1. The number of benzene rings is 4. The van der Waals surface area contributed by atoms with Crippen molar-refractivity contribution in [2.75, 3.05) is 32.8 Å². The van der Waals surface area contributed by atoms with Crippen molar-refractivity contribution in [3.63, 3.8) is 0 Å². The quantitative estimate of drug-likeness (QED) is 0.273. The number of carbonyl (C=O) groups excluding carboxylic acids is 1. The van der Waals surface area contributed by atoms with Crippen molar-refractivity contribution in [2.45, 2.75) is 12.5 Å². The van der Waals surface area contributed by atoms with Gasteiger partial charge in [-0.05, 0) is 52.1 Å². The lowest BCUT2D eigenvalue weighted by Crippen LogP contribution is -2.32. The Morgan fingerprint density at radius 2 is 1.32 bits per heavy atom. The molecule has 4 aromatic carbocycles. The molecule has 1 amide bonds. The van der Waals surface area contributed by atoms with Crippen LogP contribution in [0.4, 0.5) is 10.5 Å². The number of carbonyl (C=O) groups is 1. The summed E-state index contributed by atoms with van der Waals surface area (Å²) in [6.45, 7) is 0.522. The number of anilines is 1. The van der Waals surface area contributed by atoms with Gasteiger partial charge in [-0.2, -0.15) is 0 Å². The van der Waals surface area contributed by atoms with Crippen LogP contribution in [0, 0.1) is 0 Å². The van der Waals surface area contributed by atoms with Crippen LogP contribution >= 0.6 is 0 Å². The maximum atomic E-state index is 13.7. The SMILES string of the molecule is COc1ccc(CN(C(=O)OCC2c3ccccc3-c3ccccc32)c2ccc(OC)cc2OC)cc1. The minimum absolute atomic E-state index is 0.0306. The van der Waals surface area contributed by atoms with Gasteiger partial charge >= 0.3 is 6.09 Å². The number of ether oxygens (including phenoxy) is 4. The fourth-order valence-electron chi connectivity index (χ4n) is 4.84. The zero-order valence-electron chi connectivity index (χ0n) is 21.1. The molecule has 0 radical (unpaired) electrons. The molecule has 6 nitrogen and oxygen atoms in total. The smallest absolute Gasteiger partial charge is 0.414 e. The summed E-state index contributed by atoms with van der Waals surface area (Å²) in [5.41, 5.74) is 6.22. The molecule has 1 aliphatic rings. The fourth-order valence-corrected chi connectivity index (χ4v) is 4.84. The van der Waals surface area contributed by atoms with Crippen LogP contribution in [-0.2, 0) is 11.3 Å². The number of hydrogen-bond acceptors (Lipinski definition) is 5. The van der Waals surface area contributed by atoms with E-state index >= 15 is 0 Å². The average Bonchev–Trinajstić information content (AvgIpc) is 3.28. The molecule has 5 rings (SSSR count). The minimum atomic E-state index is -0.457. The molecule has 0 saturated carbocycles. The molecule has 0 aromatic heterocycles. The summed E-state index contributed by atoms with van der Waals surface area (Å²) < 4.78 is 22.3. The molecular formula is C31H29NO5. The summed E-state index contributed by atoms with van der Waals surface area (Å²) in [5, 5.41) is 0. The van der Waals surface area contributed by atoms with Gasteiger partial charge in [0.25, 0.3) is 0 Å². The molecule has 0 unspecified atom stereocenters. The lowest BCUT2D eigenvalue weighted by Gasteiger charge is -2.25. The molecule has 0 fully saturated rings. The Labute approximate surface area is 217 Å². The highest BCUT2D eigenvalue weighted by molar-refractivity contribution is 5.90. The number of fused-ring (bicyclic) bond motifs is 3. The van der Waals surface area contributed by atoms with Crippen molar-refractivity contribution in [1.82, 2.24) is 0 Å². The van der Waals surface area contributed by atoms with Crippen LogP contribution in [0.25, 0.3) is 11.1 Å².